The van der Waals surface area contributed by atoms with Gasteiger partial charge in [-0.3, -0.25) is 4.98 Å². The van der Waals surface area contributed by atoms with Crippen LogP contribution in [0.4, 0.5) is 5.69 Å². The van der Waals surface area contributed by atoms with E-state index < -0.39 is 0 Å². The smallest absolute Gasteiger partial charge is 0.0605 e. The second-order valence-corrected chi connectivity index (χ2v) is 4.08. The number of aryl methyl sites for hydroxylation is 1. The Bertz CT molecular complexity index is 319. The third kappa shape index (κ3) is 2.29. The van der Waals surface area contributed by atoms with Crippen LogP contribution in [-0.2, 0) is 4.74 Å². The van der Waals surface area contributed by atoms with Crippen LogP contribution in [0.1, 0.15) is 18.4 Å². The fourth-order valence-electron chi connectivity index (χ4n) is 2.15. The number of piperidine rings is 1. The summed E-state index contributed by atoms with van der Waals surface area (Å²) in [5, 5.41) is 0. The van der Waals surface area contributed by atoms with E-state index in [1.807, 2.05) is 12.4 Å². The van der Waals surface area contributed by atoms with Crippen LogP contribution in [0, 0.1) is 6.92 Å². The molecule has 0 unspecified atom stereocenters. The lowest BCUT2D eigenvalue weighted by Crippen LogP contribution is -2.36. The highest BCUT2D eigenvalue weighted by atomic mass is 16.5. The summed E-state index contributed by atoms with van der Waals surface area (Å²) < 4.78 is 5.37. The van der Waals surface area contributed by atoms with E-state index in [-0.39, 0.29) is 0 Å². The highest BCUT2D eigenvalue weighted by molar-refractivity contribution is 5.51. The molecular weight excluding hydrogens is 188 g/mol. The van der Waals surface area contributed by atoms with Gasteiger partial charge in [0.25, 0.3) is 0 Å². The van der Waals surface area contributed by atoms with E-state index in [0.29, 0.717) is 6.10 Å². The molecule has 0 radical (unpaired) electrons. The third-order valence-electron chi connectivity index (χ3n) is 3.11. The van der Waals surface area contributed by atoms with Gasteiger partial charge < -0.3 is 9.64 Å². The number of rotatable bonds is 2. The van der Waals surface area contributed by atoms with Crippen molar-refractivity contribution >= 4 is 5.69 Å². The van der Waals surface area contributed by atoms with Crippen molar-refractivity contribution in [2.45, 2.75) is 25.9 Å². The highest BCUT2D eigenvalue weighted by Crippen LogP contribution is 2.23. The molecule has 0 aromatic carbocycles. The topological polar surface area (TPSA) is 25.4 Å². The van der Waals surface area contributed by atoms with Crippen LogP contribution < -0.4 is 4.90 Å². The summed E-state index contributed by atoms with van der Waals surface area (Å²) in [7, 11) is 1.80. The van der Waals surface area contributed by atoms with Gasteiger partial charge in [-0.1, -0.05) is 0 Å². The first-order valence-electron chi connectivity index (χ1n) is 5.49. The van der Waals surface area contributed by atoms with Gasteiger partial charge in [0.05, 0.1) is 6.10 Å². The van der Waals surface area contributed by atoms with Crippen molar-refractivity contribution in [2.24, 2.45) is 0 Å². The molecule has 2 heterocycles. The van der Waals surface area contributed by atoms with Gasteiger partial charge in [-0.25, -0.2) is 0 Å². The number of nitrogens with zero attached hydrogens (tertiary/aromatic N) is 2. The highest BCUT2D eigenvalue weighted by Gasteiger charge is 2.19. The molecule has 2 rings (SSSR count). The molecule has 1 aromatic heterocycles. The van der Waals surface area contributed by atoms with Gasteiger partial charge in [0.1, 0.15) is 0 Å². The summed E-state index contributed by atoms with van der Waals surface area (Å²) in [6.45, 7) is 4.29. The van der Waals surface area contributed by atoms with Gasteiger partial charge in [0.15, 0.2) is 0 Å². The van der Waals surface area contributed by atoms with E-state index in [2.05, 4.69) is 22.9 Å². The lowest BCUT2D eigenvalue weighted by molar-refractivity contribution is 0.0819. The molecule has 1 aliphatic rings. The van der Waals surface area contributed by atoms with Crippen LogP contribution in [0.3, 0.4) is 0 Å². The van der Waals surface area contributed by atoms with Crippen molar-refractivity contribution in [2.75, 3.05) is 25.1 Å². The standard InChI is InChI=1S/C12H18N2O/c1-10-9-13-6-3-12(10)14-7-4-11(15-2)5-8-14/h3,6,9,11H,4-5,7-8H2,1-2H3. The minimum atomic E-state index is 0.448. The van der Waals surface area contributed by atoms with E-state index in [4.69, 9.17) is 4.74 Å². The minimum Gasteiger partial charge on any atom is -0.381 e. The first-order valence-corrected chi connectivity index (χ1v) is 5.49. The molecule has 3 heteroatoms. The Morgan fingerprint density at radius 3 is 2.73 bits per heavy atom. The summed E-state index contributed by atoms with van der Waals surface area (Å²) in [6.07, 6.45) is 6.49. The molecule has 1 aromatic rings. The normalized spacial score (nSPS) is 18.1. The Kier molecular flexibility index (Phi) is 3.21. The monoisotopic (exact) mass is 206 g/mol. The van der Waals surface area contributed by atoms with E-state index in [1.54, 1.807) is 7.11 Å². The maximum atomic E-state index is 5.37. The van der Waals surface area contributed by atoms with Gasteiger partial charge in [0.2, 0.25) is 0 Å². The summed E-state index contributed by atoms with van der Waals surface area (Å²) in [6, 6.07) is 2.10. The molecule has 1 fully saturated rings. The summed E-state index contributed by atoms with van der Waals surface area (Å²) in [4.78, 5) is 6.54. The van der Waals surface area contributed by atoms with Crippen molar-refractivity contribution < 1.29 is 4.74 Å². The zero-order chi connectivity index (χ0) is 10.7. The van der Waals surface area contributed by atoms with Gasteiger partial charge in [0, 0.05) is 38.3 Å². The van der Waals surface area contributed by atoms with Crippen LogP contribution in [0.2, 0.25) is 0 Å². The summed E-state index contributed by atoms with van der Waals surface area (Å²) in [5.41, 5.74) is 2.58. The number of ether oxygens (including phenoxy) is 1. The first kappa shape index (κ1) is 10.4. The summed E-state index contributed by atoms with van der Waals surface area (Å²) in [5.74, 6) is 0. The number of pyridine rings is 1. The molecule has 1 saturated heterocycles. The Balaban J connectivity index is 2.04. The number of anilines is 1. The van der Waals surface area contributed by atoms with Crippen molar-refractivity contribution in [1.82, 2.24) is 4.98 Å². The van der Waals surface area contributed by atoms with Crippen molar-refractivity contribution in [1.29, 1.82) is 0 Å². The molecule has 0 atom stereocenters. The maximum Gasteiger partial charge on any atom is 0.0605 e. The van der Waals surface area contributed by atoms with Crippen molar-refractivity contribution in [3.05, 3.63) is 24.0 Å². The van der Waals surface area contributed by atoms with E-state index >= 15 is 0 Å². The molecule has 0 aliphatic carbocycles. The van der Waals surface area contributed by atoms with Crippen molar-refractivity contribution in [3.8, 4) is 0 Å². The predicted molar refractivity (Wildman–Crippen MR) is 61.2 cm³/mol. The average Bonchev–Trinajstić information content (AvgIpc) is 2.30. The molecule has 0 spiro atoms. The van der Waals surface area contributed by atoms with Gasteiger partial charge >= 0.3 is 0 Å². The Morgan fingerprint density at radius 1 is 1.40 bits per heavy atom. The van der Waals surface area contributed by atoms with E-state index in [9.17, 15) is 0 Å². The summed E-state index contributed by atoms with van der Waals surface area (Å²) >= 11 is 0. The number of methoxy groups -OCH3 is 1. The predicted octanol–water partition coefficient (Wildman–Crippen LogP) is 2.01. The second-order valence-electron chi connectivity index (χ2n) is 4.08. The van der Waals surface area contributed by atoms with Gasteiger partial charge in [-0.05, 0) is 31.4 Å². The molecular formula is C12H18N2O. The Morgan fingerprint density at radius 2 is 2.13 bits per heavy atom. The molecule has 0 amide bonds. The molecule has 0 N–H and O–H groups in total. The van der Waals surface area contributed by atoms with Crippen molar-refractivity contribution in [3.63, 3.8) is 0 Å². The van der Waals surface area contributed by atoms with Gasteiger partial charge in [-0.15, -0.1) is 0 Å². The molecule has 82 valence electrons. The Hall–Kier alpha value is -1.09. The van der Waals surface area contributed by atoms with Crippen LogP contribution >= 0.6 is 0 Å². The maximum absolute atomic E-state index is 5.37. The molecule has 0 saturated carbocycles. The van der Waals surface area contributed by atoms with Gasteiger partial charge in [-0.2, -0.15) is 0 Å². The zero-order valence-corrected chi connectivity index (χ0v) is 9.44. The molecule has 0 bridgehead atoms. The molecule has 15 heavy (non-hydrogen) atoms. The quantitative estimate of drug-likeness (QED) is 0.740. The molecule has 3 nitrogen and oxygen atoms in total. The van der Waals surface area contributed by atoms with E-state index in [0.717, 1.165) is 25.9 Å². The van der Waals surface area contributed by atoms with Crippen LogP contribution in [-0.4, -0.2) is 31.3 Å². The van der Waals surface area contributed by atoms with Crippen LogP contribution in [0.15, 0.2) is 18.5 Å². The fraction of sp³-hybridized carbons (Fsp3) is 0.583. The van der Waals surface area contributed by atoms with E-state index in [1.165, 1.54) is 11.3 Å². The average molecular weight is 206 g/mol. The van der Waals surface area contributed by atoms with Crippen LogP contribution in [0.25, 0.3) is 0 Å². The second kappa shape index (κ2) is 4.62. The molecule has 1 aliphatic heterocycles. The Labute approximate surface area is 91.1 Å². The SMILES string of the molecule is COC1CCN(c2ccncc2C)CC1. The minimum absolute atomic E-state index is 0.448. The largest absolute Gasteiger partial charge is 0.381 e. The number of aromatic nitrogens is 1. The number of hydrogen-bond donors (Lipinski definition) is 0. The van der Waals surface area contributed by atoms with Crippen LogP contribution in [0.5, 0.6) is 0 Å². The lowest BCUT2D eigenvalue weighted by Gasteiger charge is -2.33. The lowest BCUT2D eigenvalue weighted by atomic mass is 10.1. The third-order valence-corrected chi connectivity index (χ3v) is 3.11. The first-order chi connectivity index (χ1) is 7.31. The number of hydrogen-bond acceptors (Lipinski definition) is 3. The zero-order valence-electron chi connectivity index (χ0n) is 9.44. The fourth-order valence-corrected chi connectivity index (χ4v) is 2.15.